The zero-order valence-electron chi connectivity index (χ0n) is 12.7. The van der Waals surface area contributed by atoms with Crippen LogP contribution in [0.3, 0.4) is 0 Å². The van der Waals surface area contributed by atoms with Crippen LogP contribution >= 0.6 is 0 Å². The second-order valence-electron chi connectivity index (χ2n) is 5.52. The summed E-state index contributed by atoms with van der Waals surface area (Å²) >= 11 is 0. The smallest absolute Gasteiger partial charge is 0.0595 e. The van der Waals surface area contributed by atoms with Gasteiger partial charge < -0.3 is 5.32 Å². The van der Waals surface area contributed by atoms with Gasteiger partial charge in [0.2, 0.25) is 0 Å². The lowest BCUT2D eigenvalue weighted by Crippen LogP contribution is -2.18. The molecule has 2 heteroatoms. The van der Waals surface area contributed by atoms with E-state index in [0.717, 1.165) is 0 Å². The van der Waals surface area contributed by atoms with Crippen molar-refractivity contribution in [1.29, 1.82) is 0 Å². The van der Waals surface area contributed by atoms with Crippen molar-refractivity contribution < 1.29 is 0 Å². The number of benzene rings is 2. The summed E-state index contributed by atoms with van der Waals surface area (Å²) in [5.41, 5.74) is 5.14. The molecule has 0 fully saturated rings. The monoisotopic (exact) mass is 276 g/mol. The van der Waals surface area contributed by atoms with E-state index >= 15 is 0 Å². The predicted octanol–water partition coefficient (Wildman–Crippen LogP) is 4.16. The number of nitrogens with one attached hydrogen (secondary N) is 1. The van der Waals surface area contributed by atoms with Gasteiger partial charge in [-0.2, -0.15) is 0 Å². The van der Waals surface area contributed by atoms with Crippen molar-refractivity contribution in [2.24, 2.45) is 0 Å². The summed E-state index contributed by atoms with van der Waals surface area (Å²) < 4.78 is 0. The molecule has 1 unspecified atom stereocenters. The summed E-state index contributed by atoms with van der Waals surface area (Å²) in [6, 6.07) is 15.2. The minimum atomic E-state index is 0.155. The Labute approximate surface area is 125 Å². The van der Waals surface area contributed by atoms with E-state index in [0.29, 0.717) is 0 Å². The minimum absolute atomic E-state index is 0.155. The van der Waals surface area contributed by atoms with Crippen LogP contribution in [0.4, 0.5) is 0 Å². The highest BCUT2D eigenvalue weighted by atomic mass is 14.9. The van der Waals surface area contributed by atoms with Crippen LogP contribution in [-0.2, 0) is 0 Å². The second-order valence-corrected chi connectivity index (χ2v) is 5.52. The van der Waals surface area contributed by atoms with Crippen molar-refractivity contribution in [2.75, 3.05) is 7.05 Å². The highest BCUT2D eigenvalue weighted by molar-refractivity contribution is 5.85. The topological polar surface area (TPSA) is 24.9 Å². The molecule has 2 nitrogen and oxygen atoms in total. The first-order chi connectivity index (χ1) is 10.2. The van der Waals surface area contributed by atoms with E-state index in [1.807, 2.05) is 19.4 Å². The van der Waals surface area contributed by atoms with E-state index in [1.54, 1.807) is 0 Å². The van der Waals surface area contributed by atoms with Crippen molar-refractivity contribution in [3.8, 4) is 0 Å². The lowest BCUT2D eigenvalue weighted by molar-refractivity contribution is 0.693. The Morgan fingerprint density at radius 1 is 0.952 bits per heavy atom. The number of pyridine rings is 1. The molecule has 21 heavy (non-hydrogen) atoms. The van der Waals surface area contributed by atoms with Gasteiger partial charge in [0.15, 0.2) is 0 Å². The quantitative estimate of drug-likeness (QED) is 0.777. The van der Waals surface area contributed by atoms with Crippen LogP contribution in [0.2, 0.25) is 0 Å². The molecule has 0 aliphatic rings. The average Bonchev–Trinajstić information content (AvgIpc) is 2.52. The van der Waals surface area contributed by atoms with Crippen molar-refractivity contribution in [2.45, 2.75) is 19.9 Å². The molecule has 3 aromatic rings. The van der Waals surface area contributed by atoms with Crippen molar-refractivity contribution >= 4 is 10.8 Å². The molecule has 106 valence electrons. The lowest BCUT2D eigenvalue weighted by atomic mass is 9.94. The summed E-state index contributed by atoms with van der Waals surface area (Å²) in [6.45, 7) is 4.31. The van der Waals surface area contributed by atoms with Crippen molar-refractivity contribution in [3.05, 3.63) is 77.1 Å². The highest BCUT2D eigenvalue weighted by Crippen LogP contribution is 2.28. The lowest BCUT2D eigenvalue weighted by Gasteiger charge is -2.20. The molecule has 0 bridgehead atoms. The van der Waals surface area contributed by atoms with E-state index in [4.69, 9.17) is 0 Å². The van der Waals surface area contributed by atoms with Crippen LogP contribution in [0, 0.1) is 13.8 Å². The number of aromatic nitrogens is 1. The summed E-state index contributed by atoms with van der Waals surface area (Å²) in [4.78, 5) is 4.41. The van der Waals surface area contributed by atoms with Gasteiger partial charge in [-0.15, -0.1) is 0 Å². The van der Waals surface area contributed by atoms with Crippen molar-refractivity contribution in [3.63, 3.8) is 0 Å². The van der Waals surface area contributed by atoms with Crippen LogP contribution in [0.25, 0.3) is 10.8 Å². The second kappa shape index (κ2) is 5.66. The van der Waals surface area contributed by atoms with Crippen LogP contribution in [0.5, 0.6) is 0 Å². The molecule has 2 aromatic carbocycles. The summed E-state index contributed by atoms with van der Waals surface area (Å²) in [5, 5.41) is 5.87. The number of fused-ring (bicyclic) bond motifs is 1. The van der Waals surface area contributed by atoms with E-state index in [1.165, 1.54) is 33.0 Å². The minimum Gasteiger partial charge on any atom is -0.309 e. The number of hydrogen-bond acceptors (Lipinski definition) is 2. The van der Waals surface area contributed by atoms with Gasteiger partial charge in [-0.25, -0.2) is 0 Å². The van der Waals surface area contributed by atoms with E-state index in [2.05, 4.69) is 66.6 Å². The molecule has 0 saturated heterocycles. The highest BCUT2D eigenvalue weighted by Gasteiger charge is 2.15. The standard InChI is InChI=1S/C19H20N2/c1-13-8-9-15(10-14(13)2)19(20-3)18-12-21-11-16-6-4-5-7-17(16)18/h4-12,19-20H,1-3H3. The molecule has 3 rings (SSSR count). The molecule has 1 heterocycles. The molecule has 0 aliphatic carbocycles. The maximum atomic E-state index is 4.41. The van der Waals surface area contributed by atoms with Gasteiger partial charge in [-0.05, 0) is 48.5 Å². The average molecular weight is 276 g/mol. The number of aryl methyl sites for hydroxylation is 2. The zero-order chi connectivity index (χ0) is 14.8. The molecule has 0 spiro atoms. The predicted molar refractivity (Wildman–Crippen MR) is 88.6 cm³/mol. The summed E-state index contributed by atoms with van der Waals surface area (Å²) in [5.74, 6) is 0. The summed E-state index contributed by atoms with van der Waals surface area (Å²) in [7, 11) is 2.00. The SMILES string of the molecule is CNC(c1ccc(C)c(C)c1)c1cncc2ccccc12. The fraction of sp³-hybridized carbons (Fsp3) is 0.211. The van der Waals surface area contributed by atoms with Crippen LogP contribution in [0.15, 0.2) is 54.9 Å². The third-order valence-corrected chi connectivity index (χ3v) is 4.16. The first kappa shape index (κ1) is 13.8. The van der Waals surface area contributed by atoms with Crippen molar-refractivity contribution in [1.82, 2.24) is 10.3 Å². The van der Waals surface area contributed by atoms with Crippen LogP contribution < -0.4 is 5.32 Å². The van der Waals surface area contributed by atoms with Gasteiger partial charge in [0.05, 0.1) is 6.04 Å². The third-order valence-electron chi connectivity index (χ3n) is 4.16. The molecule has 1 aromatic heterocycles. The Bertz CT molecular complexity index is 772. The Morgan fingerprint density at radius 3 is 2.52 bits per heavy atom. The Morgan fingerprint density at radius 2 is 1.76 bits per heavy atom. The third kappa shape index (κ3) is 2.55. The van der Waals surface area contributed by atoms with Gasteiger partial charge in [0.25, 0.3) is 0 Å². The molecule has 1 N–H and O–H groups in total. The maximum absolute atomic E-state index is 4.41. The zero-order valence-corrected chi connectivity index (χ0v) is 12.7. The van der Waals surface area contributed by atoms with Gasteiger partial charge in [-0.1, -0.05) is 42.5 Å². The normalized spacial score (nSPS) is 12.5. The Hall–Kier alpha value is -2.19. The number of rotatable bonds is 3. The van der Waals surface area contributed by atoms with Gasteiger partial charge in [0, 0.05) is 17.8 Å². The van der Waals surface area contributed by atoms with E-state index in [9.17, 15) is 0 Å². The maximum Gasteiger partial charge on any atom is 0.0595 e. The first-order valence-electron chi connectivity index (χ1n) is 7.28. The number of hydrogen-bond donors (Lipinski definition) is 1. The van der Waals surface area contributed by atoms with E-state index < -0.39 is 0 Å². The first-order valence-corrected chi connectivity index (χ1v) is 7.28. The van der Waals surface area contributed by atoms with Gasteiger partial charge in [-0.3, -0.25) is 4.98 Å². The largest absolute Gasteiger partial charge is 0.309 e. The molecular formula is C19H20N2. The molecule has 0 saturated carbocycles. The van der Waals surface area contributed by atoms with Gasteiger partial charge in [0.1, 0.15) is 0 Å². The number of nitrogens with zero attached hydrogens (tertiary/aromatic N) is 1. The Kier molecular flexibility index (Phi) is 3.72. The van der Waals surface area contributed by atoms with Gasteiger partial charge >= 0.3 is 0 Å². The molecule has 0 aliphatic heterocycles. The van der Waals surface area contributed by atoms with Crippen LogP contribution in [0.1, 0.15) is 28.3 Å². The molecule has 1 atom stereocenters. The van der Waals surface area contributed by atoms with E-state index in [-0.39, 0.29) is 6.04 Å². The summed E-state index contributed by atoms with van der Waals surface area (Å²) in [6.07, 6.45) is 3.89. The fourth-order valence-electron chi connectivity index (χ4n) is 2.82. The molecule has 0 radical (unpaired) electrons. The van der Waals surface area contributed by atoms with Crippen LogP contribution in [-0.4, -0.2) is 12.0 Å². The fourth-order valence-corrected chi connectivity index (χ4v) is 2.82. The Balaban J connectivity index is 2.16. The molecular weight excluding hydrogens is 256 g/mol. The molecule has 0 amide bonds.